The first-order valence-corrected chi connectivity index (χ1v) is 5.26. The molecule has 0 heterocycles. The molecule has 0 saturated carbocycles. The highest BCUT2D eigenvalue weighted by atomic mass is 79.9. The van der Waals surface area contributed by atoms with E-state index in [0.717, 1.165) is 4.47 Å². The Hall–Kier alpha value is -0.160. The summed E-state index contributed by atoms with van der Waals surface area (Å²) in [4.78, 5) is 0. The quantitative estimate of drug-likeness (QED) is 0.901. The summed E-state index contributed by atoms with van der Waals surface area (Å²) in [6.07, 6.45) is 0.590. The molecule has 0 bridgehead atoms. The SMILES string of the molecule is Cc1cc(Br)cc([C@@H](N)CCN)c1F.Cl. The summed E-state index contributed by atoms with van der Waals surface area (Å²) in [7, 11) is 0. The third-order valence-corrected chi connectivity index (χ3v) is 2.58. The number of halogens is 3. The molecule has 0 radical (unpaired) electrons. The predicted octanol–water partition coefficient (Wildman–Crippen LogP) is 2.67. The molecule has 1 aromatic rings. The van der Waals surface area contributed by atoms with Gasteiger partial charge in [0.25, 0.3) is 0 Å². The van der Waals surface area contributed by atoms with E-state index in [-0.39, 0.29) is 24.3 Å². The lowest BCUT2D eigenvalue weighted by Gasteiger charge is -2.13. The van der Waals surface area contributed by atoms with Crippen LogP contribution in [0.2, 0.25) is 0 Å². The van der Waals surface area contributed by atoms with Crippen molar-refractivity contribution < 1.29 is 4.39 Å². The van der Waals surface area contributed by atoms with Gasteiger partial charge in [-0.15, -0.1) is 12.4 Å². The van der Waals surface area contributed by atoms with Crippen molar-refractivity contribution in [2.75, 3.05) is 6.54 Å². The zero-order chi connectivity index (χ0) is 10.7. The summed E-state index contributed by atoms with van der Waals surface area (Å²) in [5, 5.41) is 0. The van der Waals surface area contributed by atoms with Crippen LogP contribution in [0.25, 0.3) is 0 Å². The van der Waals surface area contributed by atoms with Crippen LogP contribution >= 0.6 is 28.3 Å². The number of rotatable bonds is 3. The second kappa shape index (κ2) is 6.43. The summed E-state index contributed by atoms with van der Waals surface area (Å²) < 4.78 is 14.5. The van der Waals surface area contributed by atoms with Gasteiger partial charge in [-0.25, -0.2) is 4.39 Å². The monoisotopic (exact) mass is 296 g/mol. The number of benzene rings is 1. The van der Waals surface area contributed by atoms with Gasteiger partial charge in [-0.3, -0.25) is 0 Å². The number of nitrogens with two attached hydrogens (primary N) is 2. The van der Waals surface area contributed by atoms with Gasteiger partial charge >= 0.3 is 0 Å². The van der Waals surface area contributed by atoms with Crippen LogP contribution in [0.3, 0.4) is 0 Å². The lowest BCUT2D eigenvalue weighted by molar-refractivity contribution is 0.560. The molecule has 4 N–H and O–H groups in total. The fraction of sp³-hybridized carbons (Fsp3) is 0.400. The second-order valence-corrected chi connectivity index (χ2v) is 4.23. The Balaban J connectivity index is 0.00000196. The molecule has 0 spiro atoms. The molecular weight excluding hydrogens is 282 g/mol. The van der Waals surface area contributed by atoms with Crippen LogP contribution in [0, 0.1) is 12.7 Å². The molecule has 0 fully saturated rings. The average molecular weight is 298 g/mol. The molecule has 86 valence electrons. The second-order valence-electron chi connectivity index (χ2n) is 3.31. The van der Waals surface area contributed by atoms with E-state index in [1.165, 1.54) is 0 Å². The Morgan fingerprint density at radius 3 is 2.60 bits per heavy atom. The maximum absolute atomic E-state index is 13.6. The van der Waals surface area contributed by atoms with Crippen molar-refractivity contribution in [2.24, 2.45) is 11.5 Å². The maximum atomic E-state index is 13.6. The van der Waals surface area contributed by atoms with E-state index < -0.39 is 0 Å². The van der Waals surface area contributed by atoms with Crippen molar-refractivity contribution in [3.05, 3.63) is 33.5 Å². The minimum atomic E-state index is -0.323. The molecule has 0 aliphatic carbocycles. The van der Waals surface area contributed by atoms with Gasteiger partial charge in [0.1, 0.15) is 5.82 Å². The number of hydrogen-bond donors (Lipinski definition) is 2. The van der Waals surface area contributed by atoms with E-state index in [1.54, 1.807) is 19.1 Å². The Bertz CT molecular complexity index is 333. The van der Waals surface area contributed by atoms with Gasteiger partial charge in [-0.2, -0.15) is 0 Å². The van der Waals surface area contributed by atoms with Crippen LogP contribution in [0.5, 0.6) is 0 Å². The van der Waals surface area contributed by atoms with Crippen LogP contribution in [0.4, 0.5) is 4.39 Å². The fourth-order valence-electron chi connectivity index (χ4n) is 1.36. The summed E-state index contributed by atoms with van der Waals surface area (Å²) in [5.41, 5.74) is 12.3. The topological polar surface area (TPSA) is 52.0 Å². The molecule has 1 atom stereocenters. The molecule has 0 aliphatic heterocycles. The standard InChI is InChI=1S/C10H14BrFN2.ClH/c1-6-4-7(11)5-8(10(6)12)9(14)2-3-13;/h4-5,9H,2-3,13-14H2,1H3;1H/t9-;/m0./s1. The average Bonchev–Trinajstić information content (AvgIpc) is 2.11. The smallest absolute Gasteiger partial charge is 0.130 e. The van der Waals surface area contributed by atoms with Gasteiger partial charge in [0.05, 0.1) is 0 Å². The van der Waals surface area contributed by atoms with Gasteiger partial charge in [-0.05, 0) is 37.6 Å². The van der Waals surface area contributed by atoms with Crippen molar-refractivity contribution in [1.29, 1.82) is 0 Å². The van der Waals surface area contributed by atoms with Crippen molar-refractivity contribution >= 4 is 28.3 Å². The van der Waals surface area contributed by atoms with E-state index >= 15 is 0 Å². The molecule has 2 nitrogen and oxygen atoms in total. The first-order valence-electron chi connectivity index (χ1n) is 4.47. The van der Waals surface area contributed by atoms with Crippen LogP contribution in [-0.2, 0) is 0 Å². The van der Waals surface area contributed by atoms with E-state index in [2.05, 4.69) is 15.9 Å². The van der Waals surface area contributed by atoms with Crippen LogP contribution < -0.4 is 11.5 Å². The lowest BCUT2D eigenvalue weighted by atomic mass is 10.0. The first kappa shape index (κ1) is 14.8. The van der Waals surface area contributed by atoms with Crippen LogP contribution in [-0.4, -0.2) is 6.54 Å². The summed E-state index contributed by atoms with van der Waals surface area (Å²) in [5.74, 6) is -0.228. The predicted molar refractivity (Wildman–Crippen MR) is 66.7 cm³/mol. The molecule has 15 heavy (non-hydrogen) atoms. The van der Waals surface area contributed by atoms with Crippen LogP contribution in [0.15, 0.2) is 16.6 Å². The fourth-order valence-corrected chi connectivity index (χ4v) is 1.95. The van der Waals surface area contributed by atoms with Crippen molar-refractivity contribution in [1.82, 2.24) is 0 Å². The minimum absolute atomic E-state index is 0. The maximum Gasteiger partial charge on any atom is 0.130 e. The molecule has 0 unspecified atom stereocenters. The molecule has 0 aromatic heterocycles. The zero-order valence-corrected chi connectivity index (χ0v) is 10.9. The zero-order valence-electron chi connectivity index (χ0n) is 8.47. The van der Waals surface area contributed by atoms with Crippen molar-refractivity contribution in [2.45, 2.75) is 19.4 Å². The van der Waals surface area contributed by atoms with E-state index in [1.807, 2.05) is 0 Å². The molecule has 0 amide bonds. The summed E-state index contributed by atoms with van der Waals surface area (Å²) in [6, 6.07) is 3.12. The Labute approximate surface area is 104 Å². The number of aryl methyl sites for hydroxylation is 1. The molecule has 1 rings (SSSR count). The van der Waals surface area contributed by atoms with Crippen molar-refractivity contribution in [3.8, 4) is 0 Å². The van der Waals surface area contributed by atoms with E-state index in [0.29, 0.717) is 24.1 Å². The first-order chi connectivity index (χ1) is 6.56. The lowest BCUT2D eigenvalue weighted by Crippen LogP contribution is -2.17. The molecule has 0 aliphatic rings. The molecule has 0 saturated heterocycles. The summed E-state index contributed by atoms with van der Waals surface area (Å²) in [6.45, 7) is 2.19. The summed E-state index contributed by atoms with van der Waals surface area (Å²) >= 11 is 3.31. The third kappa shape index (κ3) is 3.72. The van der Waals surface area contributed by atoms with Gasteiger partial charge in [0, 0.05) is 16.1 Å². The van der Waals surface area contributed by atoms with E-state index in [4.69, 9.17) is 11.5 Å². The highest BCUT2D eigenvalue weighted by Crippen LogP contribution is 2.24. The minimum Gasteiger partial charge on any atom is -0.330 e. The Kier molecular flexibility index (Phi) is 6.36. The van der Waals surface area contributed by atoms with Gasteiger partial charge in [0.15, 0.2) is 0 Å². The van der Waals surface area contributed by atoms with Gasteiger partial charge in [-0.1, -0.05) is 15.9 Å². The molecule has 5 heteroatoms. The van der Waals surface area contributed by atoms with Gasteiger partial charge in [0.2, 0.25) is 0 Å². The third-order valence-electron chi connectivity index (χ3n) is 2.12. The molecular formula is C10H15BrClFN2. The van der Waals surface area contributed by atoms with Crippen molar-refractivity contribution in [3.63, 3.8) is 0 Å². The Morgan fingerprint density at radius 2 is 2.07 bits per heavy atom. The Morgan fingerprint density at radius 1 is 1.47 bits per heavy atom. The van der Waals surface area contributed by atoms with Gasteiger partial charge < -0.3 is 11.5 Å². The van der Waals surface area contributed by atoms with E-state index in [9.17, 15) is 4.39 Å². The van der Waals surface area contributed by atoms with Crippen LogP contribution in [0.1, 0.15) is 23.6 Å². The largest absolute Gasteiger partial charge is 0.330 e. The highest BCUT2D eigenvalue weighted by Gasteiger charge is 2.13. The molecule has 1 aromatic carbocycles. The number of hydrogen-bond acceptors (Lipinski definition) is 2. The highest BCUT2D eigenvalue weighted by molar-refractivity contribution is 9.10. The normalized spacial score (nSPS) is 12.1.